The predicted octanol–water partition coefficient (Wildman–Crippen LogP) is 3.32. The van der Waals surface area contributed by atoms with Gasteiger partial charge < -0.3 is 10.3 Å². The van der Waals surface area contributed by atoms with Gasteiger partial charge in [-0.05, 0) is 38.1 Å². The van der Waals surface area contributed by atoms with Crippen molar-refractivity contribution >= 4 is 27.5 Å². The Morgan fingerprint density at radius 1 is 1.00 bits per heavy atom. The molecule has 0 atom stereocenters. The van der Waals surface area contributed by atoms with Crippen LogP contribution in [0.1, 0.15) is 19.9 Å². The molecule has 0 saturated heterocycles. The second kappa shape index (κ2) is 4.12. The Morgan fingerprint density at radius 2 is 1.68 bits per heavy atom. The molecule has 96 valence electrons. The maximum atomic E-state index is 12.5. The van der Waals surface area contributed by atoms with Gasteiger partial charge in [0.25, 0.3) is 0 Å². The summed E-state index contributed by atoms with van der Waals surface area (Å²) >= 11 is 0. The summed E-state index contributed by atoms with van der Waals surface area (Å²) < 4.78 is 2.14. The van der Waals surface area contributed by atoms with Crippen LogP contribution in [-0.4, -0.2) is 4.57 Å². The number of nitrogens with zero attached hydrogens (tertiary/aromatic N) is 1. The lowest BCUT2D eigenvalue weighted by Gasteiger charge is -2.19. The number of hydrogen-bond donors (Lipinski definition) is 1. The molecule has 0 unspecified atom stereocenters. The summed E-state index contributed by atoms with van der Waals surface area (Å²) in [5.74, 6) is 0. The molecule has 3 nitrogen and oxygen atoms in total. The highest BCUT2D eigenvalue weighted by atomic mass is 16.1. The number of fused-ring (bicyclic) bond motifs is 2. The summed E-state index contributed by atoms with van der Waals surface area (Å²) in [7, 11) is 0. The zero-order valence-corrected chi connectivity index (χ0v) is 11.1. The van der Waals surface area contributed by atoms with Gasteiger partial charge >= 0.3 is 0 Å². The van der Waals surface area contributed by atoms with Crippen LogP contribution in [0.2, 0.25) is 0 Å². The summed E-state index contributed by atoms with van der Waals surface area (Å²) in [6.07, 6.45) is 0. The lowest BCUT2D eigenvalue weighted by Crippen LogP contribution is -2.14. The van der Waals surface area contributed by atoms with Gasteiger partial charge in [-0.15, -0.1) is 0 Å². The van der Waals surface area contributed by atoms with Crippen LogP contribution < -0.4 is 11.2 Å². The Morgan fingerprint density at radius 3 is 2.42 bits per heavy atom. The van der Waals surface area contributed by atoms with E-state index in [0.717, 1.165) is 16.4 Å². The maximum Gasteiger partial charge on any atom is 0.197 e. The van der Waals surface area contributed by atoms with Crippen molar-refractivity contribution in [2.24, 2.45) is 0 Å². The lowest BCUT2D eigenvalue weighted by molar-refractivity contribution is 0.640. The molecule has 1 heterocycles. The summed E-state index contributed by atoms with van der Waals surface area (Å²) in [5.41, 5.74) is 8.57. The molecule has 1 aromatic heterocycles. The second-order valence-electron chi connectivity index (χ2n) is 5.05. The van der Waals surface area contributed by atoms with Gasteiger partial charge in [-0.25, -0.2) is 0 Å². The minimum Gasteiger partial charge on any atom is -0.397 e. The molecule has 3 rings (SSSR count). The summed E-state index contributed by atoms with van der Waals surface area (Å²) in [5, 5.41) is 1.43. The van der Waals surface area contributed by atoms with E-state index in [0.29, 0.717) is 11.1 Å². The lowest BCUT2D eigenvalue weighted by atomic mass is 10.1. The highest BCUT2D eigenvalue weighted by molar-refractivity contribution is 5.98. The maximum absolute atomic E-state index is 12.5. The van der Waals surface area contributed by atoms with E-state index in [9.17, 15) is 4.79 Å². The third-order valence-corrected chi connectivity index (χ3v) is 3.48. The minimum absolute atomic E-state index is 0.0507. The van der Waals surface area contributed by atoms with Crippen LogP contribution in [0.3, 0.4) is 0 Å². The number of rotatable bonds is 1. The Bertz CT molecular complexity index is 831. The van der Waals surface area contributed by atoms with Gasteiger partial charge in [-0.2, -0.15) is 0 Å². The third-order valence-electron chi connectivity index (χ3n) is 3.48. The normalized spacial score (nSPS) is 11.5. The molecular formula is C16H16N2O. The van der Waals surface area contributed by atoms with Crippen molar-refractivity contribution in [2.75, 3.05) is 5.73 Å². The SMILES string of the molecule is CC(C)n1c2ccccc2c(=O)c2cccc(N)c21. The van der Waals surface area contributed by atoms with E-state index in [4.69, 9.17) is 5.73 Å². The van der Waals surface area contributed by atoms with Gasteiger partial charge in [-0.3, -0.25) is 4.79 Å². The fraction of sp³-hybridized carbons (Fsp3) is 0.188. The van der Waals surface area contributed by atoms with Gasteiger partial charge in [0.15, 0.2) is 5.43 Å². The average Bonchev–Trinajstić information content (AvgIpc) is 2.40. The molecule has 0 radical (unpaired) electrons. The highest BCUT2D eigenvalue weighted by Gasteiger charge is 2.13. The molecule has 3 heteroatoms. The van der Waals surface area contributed by atoms with Crippen LogP contribution in [0.4, 0.5) is 5.69 Å². The van der Waals surface area contributed by atoms with E-state index in [1.165, 1.54) is 0 Å². The van der Waals surface area contributed by atoms with Crippen molar-refractivity contribution in [1.82, 2.24) is 4.57 Å². The zero-order chi connectivity index (χ0) is 13.6. The Hall–Kier alpha value is -2.29. The average molecular weight is 252 g/mol. The van der Waals surface area contributed by atoms with Gasteiger partial charge in [0, 0.05) is 16.8 Å². The molecule has 2 aromatic carbocycles. The summed E-state index contributed by atoms with van der Waals surface area (Å²) in [6.45, 7) is 4.20. The van der Waals surface area contributed by atoms with Gasteiger partial charge in [0.2, 0.25) is 0 Å². The van der Waals surface area contributed by atoms with Gasteiger partial charge in [-0.1, -0.05) is 18.2 Å². The molecule has 0 aliphatic heterocycles. The largest absolute Gasteiger partial charge is 0.397 e. The highest BCUT2D eigenvalue weighted by Crippen LogP contribution is 2.26. The molecule has 0 bridgehead atoms. The summed E-state index contributed by atoms with van der Waals surface area (Å²) in [6, 6.07) is 13.4. The predicted molar refractivity (Wildman–Crippen MR) is 80.5 cm³/mol. The molecule has 0 aliphatic rings. The van der Waals surface area contributed by atoms with E-state index in [1.807, 2.05) is 42.5 Å². The molecule has 0 aliphatic carbocycles. The van der Waals surface area contributed by atoms with Crippen LogP contribution in [-0.2, 0) is 0 Å². The van der Waals surface area contributed by atoms with Crippen molar-refractivity contribution in [3.8, 4) is 0 Å². The number of hydrogen-bond acceptors (Lipinski definition) is 2. The first-order valence-electron chi connectivity index (χ1n) is 6.42. The molecule has 0 amide bonds. The first kappa shape index (κ1) is 11.8. The van der Waals surface area contributed by atoms with Crippen LogP contribution >= 0.6 is 0 Å². The van der Waals surface area contributed by atoms with Crippen molar-refractivity contribution < 1.29 is 0 Å². The number of benzene rings is 2. The fourth-order valence-corrected chi connectivity index (χ4v) is 2.69. The van der Waals surface area contributed by atoms with Gasteiger partial charge in [0.1, 0.15) is 0 Å². The van der Waals surface area contributed by atoms with Gasteiger partial charge in [0.05, 0.1) is 16.7 Å². The quantitative estimate of drug-likeness (QED) is 0.533. The topological polar surface area (TPSA) is 48.0 Å². The molecule has 3 aromatic rings. The van der Waals surface area contributed by atoms with E-state index in [2.05, 4.69) is 18.4 Å². The van der Waals surface area contributed by atoms with Crippen molar-refractivity contribution in [3.05, 3.63) is 52.7 Å². The molecule has 0 fully saturated rings. The second-order valence-corrected chi connectivity index (χ2v) is 5.05. The van der Waals surface area contributed by atoms with Crippen LogP contribution in [0.25, 0.3) is 21.8 Å². The molecule has 0 saturated carbocycles. The number of nitrogen functional groups attached to an aromatic ring is 1. The molecule has 2 N–H and O–H groups in total. The van der Waals surface area contributed by atoms with E-state index in [1.54, 1.807) is 0 Å². The van der Waals surface area contributed by atoms with Crippen LogP contribution in [0.5, 0.6) is 0 Å². The zero-order valence-electron chi connectivity index (χ0n) is 11.1. The number of aromatic nitrogens is 1. The fourth-order valence-electron chi connectivity index (χ4n) is 2.69. The van der Waals surface area contributed by atoms with Crippen molar-refractivity contribution in [2.45, 2.75) is 19.9 Å². The van der Waals surface area contributed by atoms with Crippen LogP contribution in [0.15, 0.2) is 47.3 Å². The standard InChI is InChI=1S/C16H16N2O/c1-10(2)18-14-9-4-3-6-11(14)16(19)12-7-5-8-13(17)15(12)18/h3-10H,17H2,1-2H3. The third kappa shape index (κ3) is 1.62. The molecule has 19 heavy (non-hydrogen) atoms. The molecule has 0 spiro atoms. The van der Waals surface area contributed by atoms with Crippen molar-refractivity contribution in [1.29, 1.82) is 0 Å². The Kier molecular flexibility index (Phi) is 2.56. The monoisotopic (exact) mass is 252 g/mol. The first-order chi connectivity index (χ1) is 9.11. The number of anilines is 1. The number of nitrogens with two attached hydrogens (primary N) is 1. The van der Waals surface area contributed by atoms with Crippen molar-refractivity contribution in [3.63, 3.8) is 0 Å². The van der Waals surface area contributed by atoms with E-state index >= 15 is 0 Å². The smallest absolute Gasteiger partial charge is 0.197 e. The first-order valence-corrected chi connectivity index (χ1v) is 6.42. The van der Waals surface area contributed by atoms with E-state index < -0.39 is 0 Å². The van der Waals surface area contributed by atoms with E-state index in [-0.39, 0.29) is 11.5 Å². The Labute approximate surface area is 111 Å². The number of para-hydroxylation sites is 2. The van der Waals surface area contributed by atoms with Crippen LogP contribution in [0, 0.1) is 0 Å². The summed E-state index contributed by atoms with van der Waals surface area (Å²) in [4.78, 5) is 12.5. The Balaban J connectivity index is 2.71. The minimum atomic E-state index is 0.0507. The molecular weight excluding hydrogens is 236 g/mol. The number of pyridine rings is 1.